The van der Waals surface area contributed by atoms with Crippen LogP contribution in [-0.4, -0.2) is 6.17 Å². The van der Waals surface area contributed by atoms with Crippen LogP contribution in [0.3, 0.4) is 0 Å². The van der Waals surface area contributed by atoms with Gasteiger partial charge in [0.25, 0.3) is 0 Å². The van der Waals surface area contributed by atoms with E-state index in [-0.39, 0.29) is 5.83 Å². The van der Waals surface area contributed by atoms with E-state index in [0.717, 1.165) is 18.4 Å². The van der Waals surface area contributed by atoms with Gasteiger partial charge in [-0.05, 0) is 49.3 Å². The molecule has 3 unspecified atom stereocenters. The van der Waals surface area contributed by atoms with Gasteiger partial charge in [-0.2, -0.15) is 0 Å². The summed E-state index contributed by atoms with van der Waals surface area (Å²) in [4.78, 5) is 0. The lowest BCUT2D eigenvalue weighted by atomic mass is 9.84. The Kier molecular flexibility index (Phi) is 6.16. The standard InChI is InChI=1S/C18H28F2/c1-7-15(11(2)3)8-12(4)9-16-14(6)17(19)10-13(5)18(16)20/h9-11,14-15,17H,7-8H2,1-6H3/b12-9-. The van der Waals surface area contributed by atoms with E-state index in [1.165, 1.54) is 6.08 Å². The normalized spacial score (nSPS) is 26.1. The van der Waals surface area contributed by atoms with Gasteiger partial charge >= 0.3 is 0 Å². The van der Waals surface area contributed by atoms with Crippen molar-refractivity contribution < 1.29 is 8.78 Å². The van der Waals surface area contributed by atoms with E-state index in [2.05, 4.69) is 20.8 Å². The maximum atomic E-state index is 14.2. The van der Waals surface area contributed by atoms with Crippen LogP contribution < -0.4 is 0 Å². The summed E-state index contributed by atoms with van der Waals surface area (Å²) in [6, 6.07) is 0. The van der Waals surface area contributed by atoms with Crippen LogP contribution in [0.5, 0.6) is 0 Å². The van der Waals surface area contributed by atoms with Gasteiger partial charge in [0.2, 0.25) is 0 Å². The zero-order valence-corrected chi connectivity index (χ0v) is 13.6. The number of allylic oxidation sites excluding steroid dienone is 6. The molecule has 0 nitrogen and oxygen atoms in total. The Hall–Kier alpha value is -0.920. The third-order valence-electron chi connectivity index (χ3n) is 4.43. The molecule has 0 aromatic heterocycles. The predicted molar refractivity (Wildman–Crippen MR) is 82.9 cm³/mol. The van der Waals surface area contributed by atoms with Crippen LogP contribution in [0, 0.1) is 17.8 Å². The van der Waals surface area contributed by atoms with Crippen molar-refractivity contribution in [3.05, 3.63) is 34.7 Å². The average molecular weight is 282 g/mol. The molecule has 0 aliphatic heterocycles. The van der Waals surface area contributed by atoms with Crippen molar-refractivity contribution in [2.45, 2.75) is 60.6 Å². The van der Waals surface area contributed by atoms with Gasteiger partial charge in [0, 0.05) is 5.92 Å². The molecule has 0 radical (unpaired) electrons. The van der Waals surface area contributed by atoms with E-state index in [1.807, 2.05) is 13.0 Å². The summed E-state index contributed by atoms with van der Waals surface area (Å²) in [6.07, 6.45) is 4.24. The molecular formula is C18H28F2. The van der Waals surface area contributed by atoms with E-state index in [9.17, 15) is 8.78 Å². The molecule has 1 aliphatic rings. The fraction of sp³-hybridized carbons (Fsp3) is 0.667. The van der Waals surface area contributed by atoms with Crippen LogP contribution in [-0.2, 0) is 0 Å². The summed E-state index contributed by atoms with van der Waals surface area (Å²) >= 11 is 0. The SMILES string of the molecule is CCC(C/C(C)=C\C1=C(F)C(C)=CC(F)C1C)C(C)C. The first kappa shape index (κ1) is 17.1. The summed E-state index contributed by atoms with van der Waals surface area (Å²) in [5, 5.41) is 0. The Morgan fingerprint density at radius 3 is 2.50 bits per heavy atom. The van der Waals surface area contributed by atoms with Crippen molar-refractivity contribution in [2.24, 2.45) is 17.8 Å². The number of hydrogen-bond donors (Lipinski definition) is 0. The third-order valence-corrected chi connectivity index (χ3v) is 4.43. The Bertz CT molecular complexity index is 427. The molecule has 2 heteroatoms. The molecule has 0 fully saturated rings. The van der Waals surface area contributed by atoms with Crippen molar-refractivity contribution in [1.82, 2.24) is 0 Å². The Morgan fingerprint density at radius 1 is 1.40 bits per heavy atom. The average Bonchev–Trinajstić information content (AvgIpc) is 2.38. The third kappa shape index (κ3) is 4.04. The second-order valence-corrected chi connectivity index (χ2v) is 6.46. The molecule has 20 heavy (non-hydrogen) atoms. The highest BCUT2D eigenvalue weighted by Crippen LogP contribution is 2.35. The minimum Gasteiger partial charge on any atom is -0.242 e. The first-order valence-corrected chi connectivity index (χ1v) is 7.67. The van der Waals surface area contributed by atoms with E-state index >= 15 is 0 Å². The van der Waals surface area contributed by atoms with Gasteiger partial charge in [-0.15, -0.1) is 0 Å². The molecule has 0 saturated carbocycles. The summed E-state index contributed by atoms with van der Waals surface area (Å²) < 4.78 is 28.1. The molecule has 1 aliphatic carbocycles. The van der Waals surface area contributed by atoms with Crippen molar-refractivity contribution in [2.75, 3.05) is 0 Å². The zero-order valence-electron chi connectivity index (χ0n) is 13.6. The molecule has 1 rings (SSSR count). The van der Waals surface area contributed by atoms with E-state index in [0.29, 0.717) is 23.0 Å². The molecule has 0 N–H and O–H groups in total. The molecular weight excluding hydrogens is 254 g/mol. The van der Waals surface area contributed by atoms with Crippen LogP contribution >= 0.6 is 0 Å². The second kappa shape index (κ2) is 7.19. The molecule has 3 atom stereocenters. The molecule has 0 amide bonds. The summed E-state index contributed by atoms with van der Waals surface area (Å²) in [6.45, 7) is 12.0. The summed E-state index contributed by atoms with van der Waals surface area (Å²) in [5.41, 5.74) is 2.09. The Balaban J connectivity index is 2.96. The van der Waals surface area contributed by atoms with Gasteiger partial charge in [-0.25, -0.2) is 8.78 Å². The predicted octanol–water partition coefficient (Wildman–Crippen LogP) is 6.16. The van der Waals surface area contributed by atoms with Gasteiger partial charge < -0.3 is 0 Å². The number of rotatable bonds is 5. The summed E-state index contributed by atoms with van der Waals surface area (Å²) in [5.74, 6) is 0.573. The number of hydrogen-bond acceptors (Lipinski definition) is 0. The lowest BCUT2D eigenvalue weighted by molar-refractivity contribution is 0.317. The molecule has 0 saturated heterocycles. The van der Waals surface area contributed by atoms with Crippen molar-refractivity contribution in [3.63, 3.8) is 0 Å². The number of halogens is 2. The quantitative estimate of drug-likeness (QED) is 0.566. The fourth-order valence-electron chi connectivity index (χ4n) is 2.84. The fourth-order valence-corrected chi connectivity index (χ4v) is 2.84. The highest BCUT2D eigenvalue weighted by atomic mass is 19.1. The largest absolute Gasteiger partial charge is 0.242 e. The van der Waals surface area contributed by atoms with Crippen LogP contribution in [0.15, 0.2) is 34.7 Å². The van der Waals surface area contributed by atoms with Crippen molar-refractivity contribution >= 4 is 0 Å². The first-order valence-electron chi connectivity index (χ1n) is 7.67. The molecule has 114 valence electrons. The van der Waals surface area contributed by atoms with Crippen molar-refractivity contribution in [3.8, 4) is 0 Å². The van der Waals surface area contributed by atoms with Crippen LogP contribution in [0.25, 0.3) is 0 Å². The van der Waals surface area contributed by atoms with Gasteiger partial charge in [-0.1, -0.05) is 45.8 Å². The monoisotopic (exact) mass is 282 g/mol. The highest BCUT2D eigenvalue weighted by Gasteiger charge is 2.26. The van der Waals surface area contributed by atoms with Gasteiger partial charge in [0.1, 0.15) is 12.0 Å². The Morgan fingerprint density at radius 2 is 2.00 bits per heavy atom. The smallest absolute Gasteiger partial charge is 0.129 e. The highest BCUT2D eigenvalue weighted by molar-refractivity contribution is 5.42. The van der Waals surface area contributed by atoms with Gasteiger partial charge in [0.15, 0.2) is 0 Å². The topological polar surface area (TPSA) is 0 Å². The van der Waals surface area contributed by atoms with E-state index < -0.39 is 12.1 Å². The van der Waals surface area contributed by atoms with Crippen LogP contribution in [0.4, 0.5) is 8.78 Å². The lowest BCUT2D eigenvalue weighted by Crippen LogP contribution is -2.18. The first-order chi connectivity index (χ1) is 9.27. The lowest BCUT2D eigenvalue weighted by Gasteiger charge is -2.24. The van der Waals surface area contributed by atoms with Gasteiger partial charge in [0.05, 0.1) is 0 Å². The zero-order chi connectivity index (χ0) is 15.4. The second-order valence-electron chi connectivity index (χ2n) is 6.46. The summed E-state index contributed by atoms with van der Waals surface area (Å²) in [7, 11) is 0. The molecule has 0 bridgehead atoms. The molecule has 0 aromatic carbocycles. The van der Waals surface area contributed by atoms with Crippen LogP contribution in [0.1, 0.15) is 54.4 Å². The number of alkyl halides is 1. The maximum absolute atomic E-state index is 14.2. The molecule has 0 aromatic rings. The Labute approximate surface area is 122 Å². The van der Waals surface area contributed by atoms with Crippen LogP contribution in [0.2, 0.25) is 0 Å². The maximum Gasteiger partial charge on any atom is 0.129 e. The van der Waals surface area contributed by atoms with E-state index in [1.54, 1.807) is 13.8 Å². The minimum absolute atomic E-state index is 0.247. The van der Waals surface area contributed by atoms with Gasteiger partial charge in [-0.3, -0.25) is 0 Å². The van der Waals surface area contributed by atoms with Crippen molar-refractivity contribution in [1.29, 1.82) is 0 Å². The molecule has 0 spiro atoms. The minimum atomic E-state index is -1.08. The van der Waals surface area contributed by atoms with E-state index in [4.69, 9.17) is 0 Å². The molecule has 0 heterocycles.